The molecule has 2 aromatic rings. The molecule has 0 saturated carbocycles. The summed E-state index contributed by atoms with van der Waals surface area (Å²) in [6.07, 6.45) is 0.863. The van der Waals surface area contributed by atoms with Gasteiger partial charge in [-0.25, -0.2) is 0 Å². The van der Waals surface area contributed by atoms with Crippen molar-refractivity contribution in [2.24, 2.45) is 5.73 Å². The largest absolute Gasteiger partial charge is 0.497 e. The second-order valence-corrected chi connectivity index (χ2v) is 5.25. The lowest BCUT2D eigenvalue weighted by Crippen LogP contribution is -2.15. The molecule has 2 rings (SSSR count). The van der Waals surface area contributed by atoms with Gasteiger partial charge in [0.2, 0.25) is 0 Å². The van der Waals surface area contributed by atoms with Crippen LogP contribution in [-0.4, -0.2) is 26.9 Å². The molecule has 0 radical (unpaired) electrons. The van der Waals surface area contributed by atoms with Crippen LogP contribution in [0.4, 0.5) is 0 Å². The predicted octanol–water partition coefficient (Wildman–Crippen LogP) is 3.61. The topological polar surface area (TPSA) is 53.7 Å². The van der Waals surface area contributed by atoms with Gasteiger partial charge in [-0.2, -0.15) is 0 Å². The van der Waals surface area contributed by atoms with E-state index in [1.165, 1.54) is 5.56 Å². The highest BCUT2D eigenvalue weighted by Gasteiger charge is 2.10. The lowest BCUT2D eigenvalue weighted by atomic mass is 9.96. The van der Waals surface area contributed by atoms with Gasteiger partial charge in [-0.05, 0) is 55.6 Å². The summed E-state index contributed by atoms with van der Waals surface area (Å²) in [6.45, 7) is 3.82. The Morgan fingerprint density at radius 1 is 0.957 bits per heavy atom. The zero-order valence-corrected chi connectivity index (χ0v) is 13.8. The molecule has 0 heterocycles. The summed E-state index contributed by atoms with van der Waals surface area (Å²) in [7, 11) is 1.67. The van der Waals surface area contributed by atoms with Crippen molar-refractivity contribution in [2.45, 2.75) is 19.3 Å². The van der Waals surface area contributed by atoms with Gasteiger partial charge in [0, 0.05) is 6.07 Å². The molecule has 4 nitrogen and oxygen atoms in total. The van der Waals surface area contributed by atoms with Gasteiger partial charge in [0.05, 0.1) is 20.3 Å². The smallest absolute Gasteiger partial charge is 0.122 e. The number of nitrogens with two attached hydrogens (primary N) is 1. The Morgan fingerprint density at radius 2 is 1.65 bits per heavy atom. The van der Waals surface area contributed by atoms with E-state index in [9.17, 15) is 0 Å². The Balaban J connectivity index is 1.88. The Labute approximate surface area is 138 Å². The zero-order valence-electron chi connectivity index (χ0n) is 13.8. The maximum absolute atomic E-state index is 5.91. The van der Waals surface area contributed by atoms with Crippen LogP contribution in [0.25, 0.3) is 0 Å². The standard InChI is InChI=1S/C19H25NO3/c1-3-22-18-5-4-6-19(13-18)23-12-11-16(14-20)15-7-9-17(21-2)10-8-15/h4-10,13,16H,3,11-12,14,20H2,1-2H3. The molecule has 23 heavy (non-hydrogen) atoms. The highest BCUT2D eigenvalue weighted by atomic mass is 16.5. The van der Waals surface area contributed by atoms with E-state index >= 15 is 0 Å². The van der Waals surface area contributed by atoms with Crippen LogP contribution in [0, 0.1) is 0 Å². The van der Waals surface area contributed by atoms with Crippen LogP contribution in [0.1, 0.15) is 24.8 Å². The van der Waals surface area contributed by atoms with Gasteiger partial charge in [0.1, 0.15) is 17.2 Å². The maximum Gasteiger partial charge on any atom is 0.122 e. The summed E-state index contributed by atoms with van der Waals surface area (Å²) in [5, 5.41) is 0. The zero-order chi connectivity index (χ0) is 16.5. The summed E-state index contributed by atoms with van der Waals surface area (Å²) in [5.74, 6) is 2.78. The molecular weight excluding hydrogens is 290 g/mol. The summed E-state index contributed by atoms with van der Waals surface area (Å²) < 4.78 is 16.5. The second-order valence-electron chi connectivity index (χ2n) is 5.25. The number of benzene rings is 2. The molecule has 2 aromatic carbocycles. The predicted molar refractivity (Wildman–Crippen MR) is 92.5 cm³/mol. The highest BCUT2D eigenvalue weighted by molar-refractivity contribution is 5.33. The maximum atomic E-state index is 5.91. The van der Waals surface area contributed by atoms with Gasteiger partial charge in [0.15, 0.2) is 0 Å². The molecule has 0 aliphatic rings. The van der Waals surface area contributed by atoms with Gasteiger partial charge >= 0.3 is 0 Å². The van der Waals surface area contributed by atoms with Gasteiger partial charge in [0.25, 0.3) is 0 Å². The minimum absolute atomic E-state index is 0.274. The van der Waals surface area contributed by atoms with Crippen molar-refractivity contribution < 1.29 is 14.2 Å². The summed E-state index contributed by atoms with van der Waals surface area (Å²) >= 11 is 0. The third-order valence-corrected chi connectivity index (χ3v) is 3.72. The van der Waals surface area contributed by atoms with Gasteiger partial charge in [-0.1, -0.05) is 18.2 Å². The number of methoxy groups -OCH3 is 1. The van der Waals surface area contributed by atoms with Crippen LogP contribution in [0.15, 0.2) is 48.5 Å². The van der Waals surface area contributed by atoms with E-state index in [-0.39, 0.29) is 5.92 Å². The molecule has 0 bridgehead atoms. The number of rotatable bonds is 9. The van der Waals surface area contributed by atoms with E-state index in [0.717, 1.165) is 23.7 Å². The van der Waals surface area contributed by atoms with E-state index in [4.69, 9.17) is 19.9 Å². The minimum atomic E-state index is 0.274. The second kappa shape index (κ2) is 9.06. The van der Waals surface area contributed by atoms with Crippen LogP contribution in [0.3, 0.4) is 0 Å². The van der Waals surface area contributed by atoms with Crippen molar-refractivity contribution in [3.8, 4) is 17.2 Å². The quantitative estimate of drug-likeness (QED) is 0.768. The van der Waals surface area contributed by atoms with Crippen molar-refractivity contribution in [1.82, 2.24) is 0 Å². The van der Waals surface area contributed by atoms with E-state index < -0.39 is 0 Å². The van der Waals surface area contributed by atoms with Crippen molar-refractivity contribution in [2.75, 3.05) is 26.9 Å². The first-order chi connectivity index (χ1) is 11.3. The van der Waals surface area contributed by atoms with Crippen LogP contribution < -0.4 is 19.9 Å². The first kappa shape index (κ1) is 17.2. The molecule has 0 aromatic heterocycles. The molecule has 1 unspecified atom stereocenters. The van der Waals surface area contributed by atoms with Crippen molar-refractivity contribution >= 4 is 0 Å². The van der Waals surface area contributed by atoms with Crippen molar-refractivity contribution in [1.29, 1.82) is 0 Å². The van der Waals surface area contributed by atoms with Gasteiger partial charge in [-0.3, -0.25) is 0 Å². The summed E-state index contributed by atoms with van der Waals surface area (Å²) in [4.78, 5) is 0. The van der Waals surface area contributed by atoms with Crippen LogP contribution >= 0.6 is 0 Å². The number of hydrogen-bond donors (Lipinski definition) is 1. The lowest BCUT2D eigenvalue weighted by molar-refractivity contribution is 0.293. The Hall–Kier alpha value is -2.20. The highest BCUT2D eigenvalue weighted by Crippen LogP contribution is 2.23. The molecule has 0 saturated heterocycles. The van der Waals surface area contributed by atoms with E-state index in [0.29, 0.717) is 19.8 Å². The third kappa shape index (κ3) is 5.18. The van der Waals surface area contributed by atoms with E-state index in [1.807, 2.05) is 43.3 Å². The van der Waals surface area contributed by atoms with Crippen LogP contribution in [0.2, 0.25) is 0 Å². The molecule has 1 atom stereocenters. The summed E-state index contributed by atoms with van der Waals surface area (Å²) in [5.41, 5.74) is 7.12. The fourth-order valence-corrected chi connectivity index (χ4v) is 2.44. The van der Waals surface area contributed by atoms with Crippen LogP contribution in [-0.2, 0) is 0 Å². The van der Waals surface area contributed by atoms with Gasteiger partial charge < -0.3 is 19.9 Å². The third-order valence-electron chi connectivity index (χ3n) is 3.72. The average molecular weight is 315 g/mol. The van der Waals surface area contributed by atoms with E-state index in [2.05, 4.69) is 12.1 Å². The van der Waals surface area contributed by atoms with Gasteiger partial charge in [-0.15, -0.1) is 0 Å². The minimum Gasteiger partial charge on any atom is -0.497 e. The molecule has 0 amide bonds. The Kier molecular flexibility index (Phi) is 6.76. The molecule has 2 N–H and O–H groups in total. The number of ether oxygens (including phenoxy) is 3. The van der Waals surface area contributed by atoms with E-state index in [1.54, 1.807) is 7.11 Å². The monoisotopic (exact) mass is 315 g/mol. The Bertz CT molecular complexity index is 583. The fraction of sp³-hybridized carbons (Fsp3) is 0.368. The normalized spacial score (nSPS) is 11.8. The fourth-order valence-electron chi connectivity index (χ4n) is 2.44. The van der Waals surface area contributed by atoms with Crippen molar-refractivity contribution in [3.05, 3.63) is 54.1 Å². The first-order valence-corrected chi connectivity index (χ1v) is 7.96. The molecule has 0 aliphatic carbocycles. The lowest BCUT2D eigenvalue weighted by Gasteiger charge is -2.16. The Morgan fingerprint density at radius 3 is 2.26 bits per heavy atom. The molecular formula is C19H25NO3. The first-order valence-electron chi connectivity index (χ1n) is 7.96. The van der Waals surface area contributed by atoms with Crippen molar-refractivity contribution in [3.63, 3.8) is 0 Å². The van der Waals surface area contributed by atoms with Crippen LogP contribution in [0.5, 0.6) is 17.2 Å². The molecule has 124 valence electrons. The molecule has 4 heteroatoms. The molecule has 0 aliphatic heterocycles. The number of hydrogen-bond acceptors (Lipinski definition) is 4. The average Bonchev–Trinajstić information content (AvgIpc) is 2.60. The molecule has 0 spiro atoms. The SMILES string of the molecule is CCOc1cccc(OCCC(CN)c2ccc(OC)cc2)c1. The molecule has 0 fully saturated rings. The summed E-state index contributed by atoms with van der Waals surface area (Å²) in [6, 6.07) is 15.8.